The van der Waals surface area contributed by atoms with Crippen LogP contribution in [0.5, 0.6) is 5.88 Å². The second kappa shape index (κ2) is 7.44. The van der Waals surface area contributed by atoms with Gasteiger partial charge in [-0.05, 0) is 38.1 Å². The quantitative estimate of drug-likeness (QED) is 0.878. The van der Waals surface area contributed by atoms with Crippen molar-refractivity contribution in [2.24, 2.45) is 0 Å². The Hall–Kier alpha value is -2.41. The van der Waals surface area contributed by atoms with E-state index in [1.54, 1.807) is 12.1 Å². The number of hydrogen-bond donors (Lipinski definition) is 2. The average molecular weight is 331 g/mol. The van der Waals surface area contributed by atoms with E-state index >= 15 is 0 Å². The topological polar surface area (TPSA) is 62.3 Å². The maximum Gasteiger partial charge on any atom is 0.232 e. The number of nitrogens with one attached hydrogen (secondary N) is 2. The second-order valence-electron chi connectivity index (χ2n) is 5.92. The molecule has 128 valence electrons. The van der Waals surface area contributed by atoms with Crippen molar-refractivity contribution in [1.82, 2.24) is 15.3 Å². The van der Waals surface area contributed by atoms with Gasteiger partial charge in [0.25, 0.3) is 0 Å². The second-order valence-corrected chi connectivity index (χ2v) is 5.92. The summed E-state index contributed by atoms with van der Waals surface area (Å²) >= 11 is 0. The Labute approximate surface area is 141 Å². The summed E-state index contributed by atoms with van der Waals surface area (Å²) in [6.07, 6.45) is 0.0226. The van der Waals surface area contributed by atoms with Gasteiger partial charge in [-0.2, -0.15) is 9.97 Å². The number of hydrogen-bond acceptors (Lipinski definition) is 6. The van der Waals surface area contributed by atoms with Gasteiger partial charge in [-0.25, -0.2) is 4.39 Å². The van der Waals surface area contributed by atoms with E-state index in [0.717, 1.165) is 37.7 Å². The van der Waals surface area contributed by atoms with E-state index in [9.17, 15) is 4.39 Å². The maximum absolute atomic E-state index is 13.0. The third-order valence-electron chi connectivity index (χ3n) is 3.59. The van der Waals surface area contributed by atoms with Crippen LogP contribution in [0.3, 0.4) is 0 Å². The molecule has 2 heterocycles. The van der Waals surface area contributed by atoms with E-state index in [4.69, 9.17) is 4.74 Å². The molecule has 0 amide bonds. The minimum atomic E-state index is -0.278. The molecule has 7 heteroatoms. The lowest BCUT2D eigenvalue weighted by molar-refractivity contribution is 0.232. The van der Waals surface area contributed by atoms with E-state index in [1.165, 1.54) is 12.1 Å². The molecule has 2 N–H and O–H groups in total. The van der Waals surface area contributed by atoms with E-state index < -0.39 is 0 Å². The van der Waals surface area contributed by atoms with E-state index in [2.05, 4.69) is 25.5 Å². The molecule has 0 aliphatic carbocycles. The molecule has 0 spiro atoms. The number of aromatic nitrogens is 2. The van der Waals surface area contributed by atoms with Crippen molar-refractivity contribution < 1.29 is 9.13 Å². The Morgan fingerprint density at radius 1 is 1.17 bits per heavy atom. The molecule has 1 fully saturated rings. The monoisotopic (exact) mass is 331 g/mol. The van der Waals surface area contributed by atoms with Crippen LogP contribution in [0.2, 0.25) is 0 Å². The maximum atomic E-state index is 13.0. The standard InChI is InChI=1S/C17H22FN5O/c1-12(2)24-16-11-15(23-9-7-19-8-10-23)21-17(22-16)20-14-5-3-13(18)4-6-14/h3-6,11-12,19H,7-10H2,1-2H3,(H,20,21,22). The average Bonchev–Trinajstić information content (AvgIpc) is 2.57. The summed E-state index contributed by atoms with van der Waals surface area (Å²) < 4.78 is 18.8. The Balaban J connectivity index is 1.86. The largest absolute Gasteiger partial charge is 0.475 e. The summed E-state index contributed by atoms with van der Waals surface area (Å²) in [4.78, 5) is 11.2. The minimum Gasteiger partial charge on any atom is -0.475 e. The van der Waals surface area contributed by atoms with Crippen molar-refractivity contribution in [1.29, 1.82) is 0 Å². The van der Waals surface area contributed by atoms with Crippen LogP contribution in [0.4, 0.5) is 21.8 Å². The summed E-state index contributed by atoms with van der Waals surface area (Å²) in [5, 5.41) is 6.44. The van der Waals surface area contributed by atoms with E-state index in [-0.39, 0.29) is 11.9 Å². The smallest absolute Gasteiger partial charge is 0.232 e. The number of rotatable bonds is 5. The van der Waals surface area contributed by atoms with Crippen molar-refractivity contribution in [3.8, 4) is 5.88 Å². The zero-order chi connectivity index (χ0) is 16.9. The Bertz CT molecular complexity index is 671. The molecule has 1 aliphatic rings. The Kier molecular flexibility index (Phi) is 5.10. The molecule has 1 saturated heterocycles. The molecule has 0 radical (unpaired) electrons. The first-order chi connectivity index (χ1) is 11.6. The number of benzene rings is 1. The van der Waals surface area contributed by atoms with Gasteiger partial charge >= 0.3 is 0 Å². The van der Waals surface area contributed by atoms with Crippen molar-refractivity contribution in [3.05, 3.63) is 36.1 Å². The van der Waals surface area contributed by atoms with Crippen molar-refractivity contribution in [3.63, 3.8) is 0 Å². The number of ether oxygens (including phenoxy) is 1. The fourth-order valence-corrected chi connectivity index (χ4v) is 2.49. The van der Waals surface area contributed by atoms with Crippen LogP contribution >= 0.6 is 0 Å². The molecule has 2 aromatic rings. The van der Waals surface area contributed by atoms with Gasteiger partial charge in [0.05, 0.1) is 6.10 Å². The number of nitrogens with zero attached hydrogens (tertiary/aromatic N) is 3. The Morgan fingerprint density at radius 2 is 1.88 bits per heavy atom. The predicted octanol–water partition coefficient (Wildman–Crippen LogP) is 2.56. The highest BCUT2D eigenvalue weighted by Crippen LogP contribution is 2.23. The fourth-order valence-electron chi connectivity index (χ4n) is 2.49. The summed E-state index contributed by atoms with van der Waals surface area (Å²) in [7, 11) is 0. The first-order valence-electron chi connectivity index (χ1n) is 8.14. The lowest BCUT2D eigenvalue weighted by Crippen LogP contribution is -2.44. The lowest BCUT2D eigenvalue weighted by Gasteiger charge is -2.28. The van der Waals surface area contributed by atoms with Crippen LogP contribution in [-0.4, -0.2) is 42.3 Å². The third kappa shape index (κ3) is 4.32. The van der Waals surface area contributed by atoms with Gasteiger partial charge in [0.2, 0.25) is 11.8 Å². The molecule has 24 heavy (non-hydrogen) atoms. The minimum absolute atomic E-state index is 0.0226. The first-order valence-corrected chi connectivity index (χ1v) is 8.14. The normalized spacial score (nSPS) is 14.8. The van der Waals surface area contributed by atoms with Crippen molar-refractivity contribution >= 4 is 17.5 Å². The molecular weight excluding hydrogens is 309 g/mol. The first kappa shape index (κ1) is 16.4. The fraction of sp³-hybridized carbons (Fsp3) is 0.412. The molecule has 0 bridgehead atoms. The zero-order valence-electron chi connectivity index (χ0n) is 13.9. The molecule has 0 atom stereocenters. The molecule has 3 rings (SSSR count). The zero-order valence-corrected chi connectivity index (χ0v) is 13.9. The highest BCUT2D eigenvalue weighted by atomic mass is 19.1. The molecule has 1 aromatic carbocycles. The summed E-state index contributed by atoms with van der Waals surface area (Å²) in [5.74, 6) is 1.51. The number of anilines is 3. The van der Waals surface area contributed by atoms with E-state index in [1.807, 2.05) is 19.9 Å². The number of piperazine rings is 1. The van der Waals surface area contributed by atoms with Gasteiger partial charge in [0.15, 0.2) is 0 Å². The lowest BCUT2D eigenvalue weighted by atomic mass is 10.3. The van der Waals surface area contributed by atoms with Gasteiger partial charge in [0, 0.05) is 37.9 Å². The van der Waals surface area contributed by atoms with Crippen LogP contribution < -0.4 is 20.3 Å². The predicted molar refractivity (Wildman–Crippen MR) is 92.6 cm³/mol. The Morgan fingerprint density at radius 3 is 2.54 bits per heavy atom. The van der Waals surface area contributed by atoms with Gasteiger partial charge in [-0.3, -0.25) is 0 Å². The van der Waals surface area contributed by atoms with Gasteiger partial charge in [-0.15, -0.1) is 0 Å². The van der Waals surface area contributed by atoms with Crippen molar-refractivity contribution in [2.75, 3.05) is 36.4 Å². The van der Waals surface area contributed by atoms with Crippen LogP contribution in [-0.2, 0) is 0 Å². The molecule has 0 unspecified atom stereocenters. The molecule has 0 saturated carbocycles. The summed E-state index contributed by atoms with van der Waals surface area (Å²) in [5.41, 5.74) is 0.726. The highest BCUT2D eigenvalue weighted by molar-refractivity contribution is 5.56. The van der Waals surface area contributed by atoms with Crippen LogP contribution in [0, 0.1) is 5.82 Å². The molecular formula is C17H22FN5O. The summed E-state index contributed by atoms with van der Waals surface area (Å²) in [6, 6.07) is 7.96. The SMILES string of the molecule is CC(C)Oc1cc(N2CCNCC2)nc(Nc2ccc(F)cc2)n1. The van der Waals surface area contributed by atoms with Gasteiger partial charge < -0.3 is 20.3 Å². The van der Waals surface area contributed by atoms with E-state index in [0.29, 0.717) is 11.8 Å². The van der Waals surface area contributed by atoms with Crippen LogP contribution in [0.15, 0.2) is 30.3 Å². The summed E-state index contributed by atoms with van der Waals surface area (Å²) in [6.45, 7) is 7.53. The molecule has 1 aromatic heterocycles. The van der Waals surface area contributed by atoms with Crippen LogP contribution in [0.1, 0.15) is 13.8 Å². The molecule has 6 nitrogen and oxygen atoms in total. The third-order valence-corrected chi connectivity index (χ3v) is 3.59. The van der Waals surface area contributed by atoms with Gasteiger partial charge in [0.1, 0.15) is 11.6 Å². The number of halogens is 1. The molecule has 1 aliphatic heterocycles. The highest BCUT2D eigenvalue weighted by Gasteiger charge is 2.15. The van der Waals surface area contributed by atoms with Gasteiger partial charge in [-0.1, -0.05) is 0 Å². The van der Waals surface area contributed by atoms with Crippen LogP contribution in [0.25, 0.3) is 0 Å². The van der Waals surface area contributed by atoms with Crippen molar-refractivity contribution in [2.45, 2.75) is 20.0 Å².